The van der Waals surface area contributed by atoms with E-state index in [2.05, 4.69) is 19.9 Å². The average Bonchev–Trinajstić information content (AvgIpc) is 2.86. The van der Waals surface area contributed by atoms with Crippen molar-refractivity contribution in [3.63, 3.8) is 0 Å². The fourth-order valence-electron chi connectivity index (χ4n) is 3.60. The van der Waals surface area contributed by atoms with Gasteiger partial charge < -0.3 is 29.5 Å². The third kappa shape index (κ3) is 10.1. The molecule has 0 saturated carbocycles. The van der Waals surface area contributed by atoms with E-state index >= 15 is 0 Å². The number of aliphatic carboxylic acids is 2. The van der Waals surface area contributed by atoms with E-state index in [1.807, 2.05) is 43.3 Å². The molecule has 1 unspecified atom stereocenters. The molecule has 2 N–H and O–H groups in total. The molecule has 4 heterocycles. The van der Waals surface area contributed by atoms with E-state index in [0.717, 1.165) is 49.9 Å². The number of nitrogens with zero attached hydrogens (tertiary/aromatic N) is 5. The summed E-state index contributed by atoms with van der Waals surface area (Å²) in [7, 11) is 3.97. The zero-order valence-electron chi connectivity index (χ0n) is 21.3. The van der Waals surface area contributed by atoms with Crippen LogP contribution in [0, 0.1) is 0 Å². The highest BCUT2D eigenvalue weighted by Gasteiger charge is 2.48. The summed E-state index contributed by atoms with van der Waals surface area (Å²) in [5.41, 5.74) is 0.858. The molecule has 0 aliphatic carbocycles. The maximum atomic E-state index is 10.6. The van der Waals surface area contributed by atoms with Crippen LogP contribution in [0.5, 0.6) is 0 Å². The maximum Gasteiger partial charge on any atom is 0.490 e. The van der Waals surface area contributed by atoms with E-state index in [-0.39, 0.29) is 11.7 Å². The van der Waals surface area contributed by atoms with Gasteiger partial charge in [-0.25, -0.2) is 19.6 Å². The minimum Gasteiger partial charge on any atom is -0.475 e. The van der Waals surface area contributed by atoms with Gasteiger partial charge in [0.05, 0.1) is 31.5 Å². The van der Waals surface area contributed by atoms with Crippen molar-refractivity contribution in [2.45, 2.75) is 43.5 Å². The lowest BCUT2D eigenvalue weighted by Gasteiger charge is -2.53. The third-order valence-electron chi connectivity index (χ3n) is 5.50. The van der Waals surface area contributed by atoms with Gasteiger partial charge >= 0.3 is 24.3 Å². The van der Waals surface area contributed by atoms with Gasteiger partial charge in [0.2, 0.25) is 0 Å². The normalized spacial score (nSPS) is 17.9. The quantitative estimate of drug-likeness (QED) is 0.502. The summed E-state index contributed by atoms with van der Waals surface area (Å²) in [4.78, 5) is 35.0. The summed E-state index contributed by atoms with van der Waals surface area (Å²) in [5, 5.41) is 14.2. The topological polar surface area (TPSA) is 138 Å². The number of carboxylic acids is 2. The smallest absolute Gasteiger partial charge is 0.475 e. The third-order valence-corrected chi connectivity index (χ3v) is 5.50. The van der Waals surface area contributed by atoms with Gasteiger partial charge in [0.15, 0.2) is 0 Å². The molecule has 0 aromatic carbocycles. The standard InChI is InChI=1S/C19H25N5O2.2C2HF3O2/c1-23(2)17-9-18(22-14-21-17)24-12-19(13-24)10-16(6-8-26-19)25-11-15-5-3-4-7-20-15;2*3-2(4,5)1(6)7/h3-5,7,9,14,16H,6,8,10-13H2,1-2H3;2*(H,6,7). The maximum absolute atomic E-state index is 10.6. The monoisotopic (exact) mass is 583 g/mol. The van der Waals surface area contributed by atoms with Crippen LogP contribution in [-0.2, 0) is 25.7 Å². The van der Waals surface area contributed by atoms with Gasteiger partial charge in [-0.1, -0.05) is 6.07 Å². The number of alkyl halides is 6. The molecule has 2 aromatic heterocycles. The number of hydrogen-bond donors (Lipinski definition) is 2. The van der Waals surface area contributed by atoms with Crippen molar-refractivity contribution < 1.29 is 55.6 Å². The number of pyridine rings is 1. The molecule has 1 spiro atoms. The van der Waals surface area contributed by atoms with E-state index in [9.17, 15) is 26.3 Å². The summed E-state index contributed by atoms with van der Waals surface area (Å²) in [6.45, 7) is 3.00. The highest BCUT2D eigenvalue weighted by atomic mass is 19.4. The molecular formula is C23H27F6N5O6. The second-order valence-electron chi connectivity index (χ2n) is 8.87. The number of hydrogen-bond acceptors (Lipinski definition) is 9. The highest BCUT2D eigenvalue weighted by Crippen LogP contribution is 2.37. The Morgan fingerprint density at radius 1 is 1.07 bits per heavy atom. The first-order valence-electron chi connectivity index (χ1n) is 11.5. The van der Waals surface area contributed by atoms with Crippen molar-refractivity contribution in [3.8, 4) is 0 Å². The molecule has 40 heavy (non-hydrogen) atoms. The highest BCUT2D eigenvalue weighted by molar-refractivity contribution is 5.73. The fourth-order valence-corrected chi connectivity index (χ4v) is 3.60. The SMILES string of the molecule is CN(C)c1cc(N2CC3(CC(OCc4ccccn4)CCO3)C2)ncn1.O=C(O)C(F)(F)F.O=C(O)C(F)(F)F. The fraction of sp³-hybridized carbons (Fsp3) is 0.522. The van der Waals surface area contributed by atoms with Gasteiger partial charge in [0, 0.05) is 39.4 Å². The summed E-state index contributed by atoms with van der Waals surface area (Å²) in [6, 6.07) is 7.93. The molecule has 0 radical (unpaired) electrons. The summed E-state index contributed by atoms with van der Waals surface area (Å²) < 4.78 is 75.7. The van der Waals surface area contributed by atoms with Crippen LogP contribution in [0.4, 0.5) is 38.0 Å². The molecule has 222 valence electrons. The first-order valence-corrected chi connectivity index (χ1v) is 11.5. The molecule has 1 atom stereocenters. The number of anilines is 2. The van der Waals surface area contributed by atoms with Gasteiger partial charge in [-0.15, -0.1) is 0 Å². The van der Waals surface area contributed by atoms with E-state index in [1.165, 1.54) is 0 Å². The number of rotatable bonds is 5. The van der Waals surface area contributed by atoms with Crippen LogP contribution in [0.2, 0.25) is 0 Å². The largest absolute Gasteiger partial charge is 0.490 e. The van der Waals surface area contributed by atoms with Crippen molar-refractivity contribution in [1.82, 2.24) is 15.0 Å². The van der Waals surface area contributed by atoms with Crippen LogP contribution in [0.15, 0.2) is 36.8 Å². The predicted octanol–water partition coefficient (Wildman–Crippen LogP) is 3.16. The second kappa shape index (κ2) is 13.6. The molecule has 0 bridgehead atoms. The first kappa shape index (κ1) is 32.5. The van der Waals surface area contributed by atoms with Crippen LogP contribution in [0.1, 0.15) is 18.5 Å². The Labute approximate surface area is 224 Å². The molecule has 0 amide bonds. The van der Waals surface area contributed by atoms with Crippen molar-refractivity contribution in [1.29, 1.82) is 0 Å². The summed E-state index contributed by atoms with van der Waals surface area (Å²) in [6.07, 6.45) is -4.67. The van der Waals surface area contributed by atoms with E-state index < -0.39 is 24.3 Å². The Morgan fingerprint density at radius 2 is 1.68 bits per heavy atom. The van der Waals surface area contributed by atoms with Gasteiger partial charge in [-0.2, -0.15) is 26.3 Å². The lowest BCUT2D eigenvalue weighted by atomic mass is 9.84. The Kier molecular flexibility index (Phi) is 11.0. The number of carboxylic acid groups (broad SMARTS) is 2. The first-order chi connectivity index (χ1) is 18.5. The second-order valence-corrected chi connectivity index (χ2v) is 8.87. The van der Waals surface area contributed by atoms with Crippen molar-refractivity contribution in [2.75, 3.05) is 43.6 Å². The molecule has 17 heteroatoms. The van der Waals surface area contributed by atoms with E-state index in [1.54, 1.807) is 12.5 Å². The number of ether oxygens (including phenoxy) is 2. The van der Waals surface area contributed by atoms with Crippen LogP contribution in [0.3, 0.4) is 0 Å². The predicted molar refractivity (Wildman–Crippen MR) is 127 cm³/mol. The lowest BCUT2D eigenvalue weighted by Crippen LogP contribution is -2.66. The van der Waals surface area contributed by atoms with Crippen LogP contribution in [-0.4, -0.2) is 95.0 Å². The van der Waals surface area contributed by atoms with Gasteiger partial charge in [0.25, 0.3) is 0 Å². The Hall–Kier alpha value is -3.73. The molecular weight excluding hydrogens is 556 g/mol. The number of halogens is 6. The Balaban J connectivity index is 0.000000333. The van der Waals surface area contributed by atoms with Crippen molar-refractivity contribution in [2.24, 2.45) is 0 Å². The average molecular weight is 583 g/mol. The molecule has 2 aromatic rings. The van der Waals surface area contributed by atoms with E-state index in [4.69, 9.17) is 29.3 Å². The van der Waals surface area contributed by atoms with Gasteiger partial charge in [-0.05, 0) is 18.6 Å². The number of carbonyl (C=O) groups is 2. The van der Waals surface area contributed by atoms with Crippen LogP contribution in [0.25, 0.3) is 0 Å². The van der Waals surface area contributed by atoms with Crippen molar-refractivity contribution in [3.05, 3.63) is 42.5 Å². The molecule has 4 rings (SSSR count). The lowest BCUT2D eigenvalue weighted by molar-refractivity contribution is -0.193. The minimum absolute atomic E-state index is 0.115. The van der Waals surface area contributed by atoms with E-state index in [0.29, 0.717) is 6.61 Å². The zero-order chi connectivity index (χ0) is 30.1. The summed E-state index contributed by atoms with van der Waals surface area (Å²) in [5.74, 6) is -3.65. The van der Waals surface area contributed by atoms with Gasteiger partial charge in [-0.3, -0.25) is 4.98 Å². The Bertz CT molecular complexity index is 1090. The molecule has 2 aliphatic rings. The number of aromatic nitrogens is 3. The van der Waals surface area contributed by atoms with Crippen molar-refractivity contribution >= 4 is 23.6 Å². The summed E-state index contributed by atoms with van der Waals surface area (Å²) >= 11 is 0. The molecule has 11 nitrogen and oxygen atoms in total. The minimum atomic E-state index is -5.08. The Morgan fingerprint density at radius 3 is 2.17 bits per heavy atom. The van der Waals surface area contributed by atoms with Gasteiger partial charge in [0.1, 0.15) is 23.6 Å². The zero-order valence-corrected chi connectivity index (χ0v) is 21.3. The van der Waals surface area contributed by atoms with Crippen LogP contribution >= 0.6 is 0 Å². The molecule has 2 fully saturated rings. The van der Waals surface area contributed by atoms with Crippen LogP contribution < -0.4 is 9.80 Å². The molecule has 2 saturated heterocycles. The molecule has 2 aliphatic heterocycles.